The van der Waals surface area contributed by atoms with E-state index in [0.717, 1.165) is 0 Å². The third-order valence-electron chi connectivity index (χ3n) is 4.21. The second kappa shape index (κ2) is 7.63. The zero-order valence-corrected chi connectivity index (χ0v) is 15.8. The first-order valence-corrected chi connectivity index (χ1v) is 9.77. The number of rotatable bonds is 3. The van der Waals surface area contributed by atoms with Crippen LogP contribution in [0.2, 0.25) is 0 Å². The van der Waals surface area contributed by atoms with Crippen molar-refractivity contribution in [1.82, 2.24) is 0 Å². The van der Waals surface area contributed by atoms with Gasteiger partial charge in [-0.3, -0.25) is 4.79 Å². The maximum absolute atomic E-state index is 12.7. The van der Waals surface area contributed by atoms with E-state index in [1.807, 2.05) is 6.07 Å². The van der Waals surface area contributed by atoms with Crippen LogP contribution < -0.4 is 0 Å². The van der Waals surface area contributed by atoms with Crippen LogP contribution in [0.1, 0.15) is 19.4 Å². The van der Waals surface area contributed by atoms with Gasteiger partial charge in [-0.25, -0.2) is 4.99 Å². The fourth-order valence-electron chi connectivity index (χ4n) is 2.50. The highest BCUT2D eigenvalue weighted by atomic mass is 32.2. The SMILES string of the molecule is CC1=C(C)C(=NC(=NS(=O)(=O)c2ccccc2)c2ccccc2)C=CC1=O. The molecule has 0 aliphatic heterocycles. The third-order valence-corrected chi connectivity index (χ3v) is 5.50. The maximum Gasteiger partial charge on any atom is 0.284 e. The van der Waals surface area contributed by atoms with Crippen LogP contribution in [0.15, 0.2) is 98.2 Å². The molecule has 3 rings (SSSR count). The lowest BCUT2D eigenvalue weighted by molar-refractivity contribution is -0.111. The molecule has 2 aromatic rings. The van der Waals surface area contributed by atoms with Gasteiger partial charge in [0.15, 0.2) is 11.6 Å². The smallest absolute Gasteiger partial charge is 0.284 e. The van der Waals surface area contributed by atoms with Gasteiger partial charge in [-0.2, -0.15) is 8.42 Å². The Bertz CT molecular complexity index is 1090. The Kier molecular flexibility index (Phi) is 5.28. The Morgan fingerprint density at radius 2 is 1.41 bits per heavy atom. The number of benzene rings is 2. The lowest BCUT2D eigenvalue weighted by Crippen LogP contribution is -2.14. The van der Waals surface area contributed by atoms with Crippen molar-refractivity contribution in [1.29, 1.82) is 0 Å². The normalized spacial score (nSPS) is 16.9. The highest BCUT2D eigenvalue weighted by Crippen LogP contribution is 2.18. The topological polar surface area (TPSA) is 75.9 Å². The molecule has 136 valence electrons. The van der Waals surface area contributed by atoms with E-state index in [1.54, 1.807) is 62.4 Å². The fraction of sp³-hybridized carbons (Fsp3) is 0.0952. The summed E-state index contributed by atoms with van der Waals surface area (Å²) in [4.78, 5) is 16.4. The largest absolute Gasteiger partial charge is 0.290 e. The molecule has 0 spiro atoms. The average molecular weight is 378 g/mol. The van der Waals surface area contributed by atoms with Gasteiger partial charge in [-0.15, -0.1) is 4.40 Å². The number of carbonyl (C=O) groups excluding carboxylic acids is 1. The standard InChI is InChI=1S/C21H18N2O3S/c1-15-16(2)20(24)14-13-19(15)22-21(17-9-5-3-6-10-17)23-27(25,26)18-11-7-4-8-12-18/h3-14H,1-2H3. The fourth-order valence-corrected chi connectivity index (χ4v) is 3.48. The molecule has 0 unspecified atom stereocenters. The quantitative estimate of drug-likeness (QED) is 0.464. The zero-order chi connectivity index (χ0) is 19.4. The summed E-state index contributed by atoms with van der Waals surface area (Å²) in [6.45, 7) is 3.50. The van der Waals surface area contributed by atoms with Crippen molar-refractivity contribution in [3.05, 3.63) is 89.5 Å². The molecule has 0 atom stereocenters. The summed E-state index contributed by atoms with van der Waals surface area (Å²) < 4.78 is 29.4. The Morgan fingerprint density at radius 1 is 0.815 bits per heavy atom. The first kappa shape index (κ1) is 18.7. The molecule has 1 aliphatic carbocycles. The van der Waals surface area contributed by atoms with E-state index in [-0.39, 0.29) is 16.5 Å². The number of hydrogen-bond donors (Lipinski definition) is 0. The van der Waals surface area contributed by atoms with E-state index in [2.05, 4.69) is 9.39 Å². The highest BCUT2D eigenvalue weighted by Gasteiger charge is 2.18. The summed E-state index contributed by atoms with van der Waals surface area (Å²) >= 11 is 0. The first-order chi connectivity index (χ1) is 12.9. The number of carbonyl (C=O) groups is 1. The van der Waals surface area contributed by atoms with Crippen molar-refractivity contribution >= 4 is 27.4 Å². The van der Waals surface area contributed by atoms with Gasteiger partial charge in [0.05, 0.1) is 10.6 Å². The molecule has 5 nitrogen and oxygen atoms in total. The van der Waals surface area contributed by atoms with Crippen LogP contribution in [0.5, 0.6) is 0 Å². The zero-order valence-electron chi connectivity index (χ0n) is 15.0. The number of nitrogens with zero attached hydrogens (tertiary/aromatic N) is 2. The molecule has 0 amide bonds. The van der Waals surface area contributed by atoms with Gasteiger partial charge in [0.1, 0.15) is 0 Å². The van der Waals surface area contributed by atoms with Crippen molar-refractivity contribution in [3.63, 3.8) is 0 Å². The summed E-state index contributed by atoms with van der Waals surface area (Å²) in [5.74, 6) is -0.0119. The van der Waals surface area contributed by atoms with E-state index < -0.39 is 10.0 Å². The van der Waals surface area contributed by atoms with Gasteiger partial charge in [0.2, 0.25) is 0 Å². The van der Waals surface area contributed by atoms with Gasteiger partial charge in [0.25, 0.3) is 10.0 Å². The molecule has 27 heavy (non-hydrogen) atoms. The molecule has 0 bridgehead atoms. The minimum atomic E-state index is -3.93. The molecule has 2 aromatic carbocycles. The molecule has 0 heterocycles. The Hall–Kier alpha value is -3.12. The maximum atomic E-state index is 12.7. The molecule has 0 fully saturated rings. The Labute approximate surface area is 158 Å². The molecule has 6 heteroatoms. The predicted molar refractivity (Wildman–Crippen MR) is 107 cm³/mol. The van der Waals surface area contributed by atoms with Crippen LogP contribution in [0.25, 0.3) is 0 Å². The molecule has 0 aromatic heterocycles. The van der Waals surface area contributed by atoms with Crippen molar-refractivity contribution in [3.8, 4) is 0 Å². The summed E-state index contributed by atoms with van der Waals surface area (Å²) in [7, 11) is -3.93. The van der Waals surface area contributed by atoms with Gasteiger partial charge in [-0.05, 0) is 43.7 Å². The minimum Gasteiger partial charge on any atom is -0.290 e. The van der Waals surface area contributed by atoms with Gasteiger partial charge in [0, 0.05) is 11.1 Å². The summed E-state index contributed by atoms with van der Waals surface area (Å²) in [6.07, 6.45) is 3.01. The molecule has 0 saturated carbocycles. The van der Waals surface area contributed by atoms with Crippen molar-refractivity contribution in [2.45, 2.75) is 18.7 Å². The number of sulfonamides is 1. The molecule has 1 aliphatic rings. The molecule has 0 saturated heterocycles. The lowest BCUT2D eigenvalue weighted by Gasteiger charge is -2.11. The predicted octanol–water partition coefficient (Wildman–Crippen LogP) is 3.74. The summed E-state index contributed by atoms with van der Waals surface area (Å²) in [5, 5.41) is 0. The van der Waals surface area contributed by atoms with E-state index in [1.165, 1.54) is 18.2 Å². The van der Waals surface area contributed by atoms with E-state index in [4.69, 9.17) is 0 Å². The number of ketones is 1. The van der Waals surface area contributed by atoms with E-state index >= 15 is 0 Å². The van der Waals surface area contributed by atoms with Gasteiger partial charge in [-0.1, -0.05) is 48.5 Å². The second-order valence-corrected chi connectivity index (χ2v) is 7.62. The van der Waals surface area contributed by atoms with E-state index in [0.29, 0.717) is 22.4 Å². The van der Waals surface area contributed by atoms with Crippen LogP contribution in [-0.4, -0.2) is 25.7 Å². The van der Waals surface area contributed by atoms with E-state index in [9.17, 15) is 13.2 Å². The number of aliphatic imine (C=N–C) groups is 1. The Balaban J connectivity index is 2.16. The monoisotopic (exact) mass is 378 g/mol. The average Bonchev–Trinajstić information content (AvgIpc) is 2.69. The molecule has 0 N–H and O–H groups in total. The number of hydrogen-bond acceptors (Lipinski definition) is 3. The van der Waals surface area contributed by atoms with Crippen molar-refractivity contribution < 1.29 is 13.2 Å². The molecular formula is C21H18N2O3S. The van der Waals surface area contributed by atoms with Crippen molar-refractivity contribution in [2.24, 2.45) is 9.39 Å². The minimum absolute atomic E-state index is 0.0700. The van der Waals surface area contributed by atoms with Crippen LogP contribution in [0.3, 0.4) is 0 Å². The molecule has 0 radical (unpaired) electrons. The van der Waals surface area contributed by atoms with Crippen LogP contribution >= 0.6 is 0 Å². The summed E-state index contributed by atoms with van der Waals surface area (Å²) in [5.41, 5.74) is 2.36. The van der Waals surface area contributed by atoms with Gasteiger partial charge >= 0.3 is 0 Å². The number of allylic oxidation sites excluding steroid dienone is 4. The highest BCUT2D eigenvalue weighted by molar-refractivity contribution is 7.90. The summed E-state index contributed by atoms with van der Waals surface area (Å²) in [6, 6.07) is 16.9. The van der Waals surface area contributed by atoms with Crippen LogP contribution in [-0.2, 0) is 14.8 Å². The first-order valence-electron chi connectivity index (χ1n) is 8.33. The third kappa shape index (κ3) is 4.17. The molecular weight excluding hydrogens is 360 g/mol. The lowest BCUT2D eigenvalue weighted by atomic mass is 9.97. The van der Waals surface area contributed by atoms with Crippen LogP contribution in [0.4, 0.5) is 0 Å². The number of amidine groups is 1. The Morgan fingerprint density at radius 3 is 2.04 bits per heavy atom. The van der Waals surface area contributed by atoms with Gasteiger partial charge < -0.3 is 0 Å². The van der Waals surface area contributed by atoms with Crippen LogP contribution in [0, 0.1) is 0 Å². The van der Waals surface area contributed by atoms with Crippen molar-refractivity contribution in [2.75, 3.05) is 0 Å². The second-order valence-electron chi connectivity index (χ2n) is 6.01.